The number of aromatic nitrogens is 1. The van der Waals surface area contributed by atoms with Gasteiger partial charge in [0, 0.05) is 29.5 Å². The Kier molecular flexibility index (Phi) is 6.39. The van der Waals surface area contributed by atoms with Crippen LogP contribution in [-0.4, -0.2) is 39.5 Å². The third-order valence-corrected chi connectivity index (χ3v) is 2.93. The normalized spacial score (nSPS) is 14.4. The van der Waals surface area contributed by atoms with Crippen molar-refractivity contribution in [3.05, 3.63) is 29.0 Å². The van der Waals surface area contributed by atoms with Crippen LogP contribution in [0.15, 0.2) is 18.5 Å². The second kappa shape index (κ2) is 7.59. The molecule has 0 aliphatic heterocycles. The Hall–Kier alpha value is -1.37. The fourth-order valence-electron chi connectivity index (χ4n) is 1.61. The first-order chi connectivity index (χ1) is 9.70. The number of rotatable bonds is 5. The maximum Gasteiger partial charge on any atom is 0.407 e. The minimum Gasteiger partial charge on any atom is -0.444 e. The van der Waals surface area contributed by atoms with Crippen LogP contribution >= 0.6 is 11.6 Å². The quantitative estimate of drug-likeness (QED) is 0.773. The van der Waals surface area contributed by atoms with E-state index in [1.807, 2.05) is 0 Å². The van der Waals surface area contributed by atoms with E-state index in [1.54, 1.807) is 20.8 Å². The van der Waals surface area contributed by atoms with Gasteiger partial charge >= 0.3 is 6.09 Å². The molecule has 118 valence electrons. The topological polar surface area (TPSA) is 91.7 Å². The van der Waals surface area contributed by atoms with Gasteiger partial charge in [0.25, 0.3) is 0 Å². The first-order valence-electron chi connectivity index (χ1n) is 6.63. The molecule has 7 heteroatoms. The van der Waals surface area contributed by atoms with E-state index < -0.39 is 23.9 Å². The van der Waals surface area contributed by atoms with Crippen molar-refractivity contribution >= 4 is 17.7 Å². The summed E-state index contributed by atoms with van der Waals surface area (Å²) in [4.78, 5) is 15.3. The van der Waals surface area contributed by atoms with Crippen molar-refractivity contribution in [3.63, 3.8) is 0 Å². The predicted octanol–water partition coefficient (Wildman–Crippen LogP) is 2.04. The number of carbonyl (C=O) groups excluding carboxylic acids is 1. The third-order valence-electron chi connectivity index (χ3n) is 2.59. The Morgan fingerprint density at radius 1 is 1.48 bits per heavy atom. The predicted molar refractivity (Wildman–Crippen MR) is 79.1 cm³/mol. The highest BCUT2D eigenvalue weighted by Gasteiger charge is 2.21. The Balaban J connectivity index is 2.42. The molecule has 2 atom stereocenters. The van der Waals surface area contributed by atoms with Gasteiger partial charge in [-0.15, -0.1) is 0 Å². The molecular weight excluding hydrogens is 296 g/mol. The van der Waals surface area contributed by atoms with Crippen molar-refractivity contribution in [3.8, 4) is 0 Å². The maximum absolute atomic E-state index is 11.4. The van der Waals surface area contributed by atoms with E-state index in [0.717, 1.165) is 0 Å². The number of hydrogen-bond donors (Lipinski definition) is 3. The molecule has 0 fully saturated rings. The molecule has 3 N–H and O–H groups in total. The van der Waals surface area contributed by atoms with Crippen molar-refractivity contribution in [1.82, 2.24) is 10.3 Å². The molecule has 0 aliphatic carbocycles. The van der Waals surface area contributed by atoms with Crippen molar-refractivity contribution in [2.24, 2.45) is 0 Å². The van der Waals surface area contributed by atoms with Crippen LogP contribution < -0.4 is 5.32 Å². The van der Waals surface area contributed by atoms with Crippen LogP contribution in [0.25, 0.3) is 0 Å². The SMILES string of the molecule is CC(C)(C)OC(=O)NCCC(O)C(O)c1cnccc1Cl. The molecule has 0 radical (unpaired) electrons. The van der Waals surface area contributed by atoms with E-state index in [0.29, 0.717) is 10.6 Å². The van der Waals surface area contributed by atoms with Crippen LogP contribution in [0.4, 0.5) is 4.79 Å². The zero-order chi connectivity index (χ0) is 16.0. The average Bonchev–Trinajstić information content (AvgIpc) is 2.36. The number of aliphatic hydroxyl groups excluding tert-OH is 2. The number of nitrogens with zero attached hydrogens (tertiary/aromatic N) is 1. The van der Waals surface area contributed by atoms with Crippen LogP contribution in [0.3, 0.4) is 0 Å². The molecule has 2 unspecified atom stereocenters. The summed E-state index contributed by atoms with van der Waals surface area (Å²) in [7, 11) is 0. The Labute approximate surface area is 129 Å². The van der Waals surface area contributed by atoms with Crippen molar-refractivity contribution in [2.45, 2.75) is 45.0 Å². The number of aliphatic hydroxyl groups is 2. The second-order valence-electron chi connectivity index (χ2n) is 5.63. The van der Waals surface area contributed by atoms with E-state index in [1.165, 1.54) is 18.5 Å². The van der Waals surface area contributed by atoms with Gasteiger partial charge in [0.1, 0.15) is 11.7 Å². The molecule has 21 heavy (non-hydrogen) atoms. The molecule has 1 rings (SSSR count). The highest BCUT2D eigenvalue weighted by Crippen LogP contribution is 2.25. The maximum atomic E-state index is 11.4. The summed E-state index contributed by atoms with van der Waals surface area (Å²) in [6, 6.07) is 1.53. The van der Waals surface area contributed by atoms with Crippen molar-refractivity contribution in [1.29, 1.82) is 0 Å². The van der Waals surface area contributed by atoms with Gasteiger partial charge in [-0.1, -0.05) is 11.6 Å². The number of nitrogens with one attached hydrogen (secondary N) is 1. The van der Waals surface area contributed by atoms with Crippen LogP contribution in [0.5, 0.6) is 0 Å². The summed E-state index contributed by atoms with van der Waals surface area (Å²) >= 11 is 5.92. The molecule has 6 nitrogen and oxygen atoms in total. The lowest BCUT2D eigenvalue weighted by molar-refractivity contribution is 0.0122. The van der Waals surface area contributed by atoms with E-state index in [2.05, 4.69) is 10.3 Å². The Bertz CT molecular complexity index is 476. The number of amides is 1. The summed E-state index contributed by atoms with van der Waals surface area (Å²) in [5.41, 5.74) is -0.227. The lowest BCUT2D eigenvalue weighted by Crippen LogP contribution is -2.34. The number of hydrogen-bond acceptors (Lipinski definition) is 5. The minimum atomic E-state index is -1.16. The van der Waals surface area contributed by atoms with Gasteiger partial charge < -0.3 is 20.3 Å². The molecule has 0 saturated heterocycles. The number of halogens is 1. The Morgan fingerprint density at radius 2 is 2.14 bits per heavy atom. The largest absolute Gasteiger partial charge is 0.444 e. The van der Waals surface area contributed by atoms with Crippen molar-refractivity contribution < 1.29 is 19.7 Å². The van der Waals surface area contributed by atoms with Gasteiger partial charge in [-0.05, 0) is 33.3 Å². The van der Waals surface area contributed by atoms with Crippen LogP contribution in [-0.2, 0) is 4.74 Å². The standard InChI is InChI=1S/C14H21ClN2O4/c1-14(2,3)21-13(20)17-7-5-11(18)12(19)9-8-16-6-4-10(9)15/h4,6,8,11-12,18-19H,5,7H2,1-3H3,(H,17,20). The summed E-state index contributed by atoms with van der Waals surface area (Å²) in [6.07, 6.45) is 0.259. The number of ether oxygens (including phenoxy) is 1. The summed E-state index contributed by atoms with van der Waals surface area (Å²) in [5.74, 6) is 0. The number of carbonyl (C=O) groups is 1. The monoisotopic (exact) mass is 316 g/mol. The van der Waals surface area contributed by atoms with Gasteiger partial charge in [-0.3, -0.25) is 4.98 Å². The summed E-state index contributed by atoms with van der Waals surface area (Å²) in [5, 5.41) is 22.8. The highest BCUT2D eigenvalue weighted by molar-refractivity contribution is 6.31. The molecular formula is C14H21ClN2O4. The minimum absolute atomic E-state index is 0.158. The van der Waals surface area contributed by atoms with E-state index in [9.17, 15) is 15.0 Å². The molecule has 0 spiro atoms. The molecule has 1 aromatic rings. The first-order valence-corrected chi connectivity index (χ1v) is 7.01. The van der Waals surface area contributed by atoms with Crippen LogP contribution in [0.1, 0.15) is 38.9 Å². The molecule has 1 amide bonds. The molecule has 1 heterocycles. The van der Waals surface area contributed by atoms with Gasteiger partial charge in [-0.25, -0.2) is 4.79 Å². The lowest BCUT2D eigenvalue weighted by atomic mass is 10.0. The fraction of sp³-hybridized carbons (Fsp3) is 0.571. The molecule has 0 aromatic carbocycles. The van der Waals surface area contributed by atoms with E-state index in [4.69, 9.17) is 16.3 Å². The molecule has 1 aromatic heterocycles. The van der Waals surface area contributed by atoms with E-state index >= 15 is 0 Å². The molecule has 0 saturated carbocycles. The lowest BCUT2D eigenvalue weighted by Gasteiger charge is -2.21. The number of pyridine rings is 1. The zero-order valence-electron chi connectivity index (χ0n) is 12.3. The smallest absolute Gasteiger partial charge is 0.407 e. The number of alkyl carbamates (subject to hydrolysis) is 1. The molecule has 0 bridgehead atoms. The molecule has 0 aliphatic rings. The summed E-state index contributed by atoms with van der Waals surface area (Å²) < 4.78 is 5.06. The summed E-state index contributed by atoms with van der Waals surface area (Å²) in [6.45, 7) is 5.45. The third kappa shape index (κ3) is 6.29. The first kappa shape index (κ1) is 17.7. The Morgan fingerprint density at radius 3 is 2.71 bits per heavy atom. The van der Waals surface area contributed by atoms with E-state index in [-0.39, 0.29) is 13.0 Å². The van der Waals surface area contributed by atoms with Gasteiger partial charge in [-0.2, -0.15) is 0 Å². The van der Waals surface area contributed by atoms with Crippen molar-refractivity contribution in [2.75, 3.05) is 6.54 Å². The zero-order valence-corrected chi connectivity index (χ0v) is 13.1. The van der Waals surface area contributed by atoms with Gasteiger partial charge in [0.15, 0.2) is 0 Å². The second-order valence-corrected chi connectivity index (χ2v) is 6.03. The average molecular weight is 317 g/mol. The van der Waals surface area contributed by atoms with Crippen LogP contribution in [0.2, 0.25) is 5.02 Å². The highest BCUT2D eigenvalue weighted by atomic mass is 35.5. The van der Waals surface area contributed by atoms with Gasteiger partial charge in [0.2, 0.25) is 0 Å². The fourth-order valence-corrected chi connectivity index (χ4v) is 1.83. The van der Waals surface area contributed by atoms with Gasteiger partial charge in [0.05, 0.1) is 6.10 Å². The van der Waals surface area contributed by atoms with Crippen LogP contribution in [0, 0.1) is 0 Å².